The highest BCUT2D eigenvalue weighted by molar-refractivity contribution is 6.00. The van der Waals surface area contributed by atoms with Crippen LogP contribution in [0.1, 0.15) is 43.1 Å². The van der Waals surface area contributed by atoms with Crippen LogP contribution < -0.4 is 15.6 Å². The molecule has 7 heteroatoms. The predicted octanol–water partition coefficient (Wildman–Crippen LogP) is 3.71. The quantitative estimate of drug-likeness (QED) is 0.479. The second-order valence-electron chi connectivity index (χ2n) is 8.01. The van der Waals surface area contributed by atoms with Crippen LogP contribution in [-0.4, -0.2) is 32.7 Å². The molecule has 1 unspecified atom stereocenters. The minimum atomic E-state index is -0.255. The summed E-state index contributed by atoms with van der Waals surface area (Å²) in [5.74, 6) is 0.601. The van der Waals surface area contributed by atoms with E-state index in [1.807, 2.05) is 57.2 Å². The number of para-hydroxylation sites is 1. The van der Waals surface area contributed by atoms with Crippen LogP contribution >= 0.6 is 0 Å². The number of hydrogen-bond donors (Lipinski definition) is 2. The Morgan fingerprint density at radius 2 is 1.87 bits per heavy atom. The van der Waals surface area contributed by atoms with Gasteiger partial charge in [-0.2, -0.15) is 5.10 Å². The Morgan fingerprint density at radius 1 is 1.13 bits per heavy atom. The van der Waals surface area contributed by atoms with Crippen LogP contribution in [0.15, 0.2) is 59.5 Å². The zero-order valence-corrected chi connectivity index (χ0v) is 17.9. The van der Waals surface area contributed by atoms with Gasteiger partial charge in [0.1, 0.15) is 17.0 Å². The number of benzene rings is 2. The fraction of sp³-hybridized carbons (Fsp3) is 0.292. The molecule has 160 valence electrons. The van der Waals surface area contributed by atoms with E-state index < -0.39 is 0 Å². The minimum absolute atomic E-state index is 0.0405. The monoisotopic (exact) mass is 418 g/mol. The average Bonchev–Trinajstić information content (AvgIpc) is 3.17. The average molecular weight is 418 g/mol. The summed E-state index contributed by atoms with van der Waals surface area (Å²) in [5, 5.41) is 7.85. The molecule has 0 aliphatic rings. The molecule has 0 saturated heterocycles. The topological polar surface area (TPSA) is 88.5 Å². The molecule has 0 aliphatic carbocycles. The molecule has 2 aromatic heterocycles. The van der Waals surface area contributed by atoms with Crippen LogP contribution in [0.3, 0.4) is 0 Å². The molecular weight excluding hydrogens is 392 g/mol. The number of nitrogens with one attached hydrogen (secondary N) is 2. The number of fused-ring (bicyclic) bond motifs is 3. The molecular formula is C24H26N4O3. The van der Waals surface area contributed by atoms with Gasteiger partial charge in [0, 0.05) is 6.04 Å². The second-order valence-corrected chi connectivity index (χ2v) is 8.01. The van der Waals surface area contributed by atoms with Gasteiger partial charge in [0.15, 0.2) is 0 Å². The molecule has 1 atom stereocenters. The summed E-state index contributed by atoms with van der Waals surface area (Å²) in [5.41, 5.74) is 2.36. The highest BCUT2D eigenvalue weighted by Gasteiger charge is 2.17. The summed E-state index contributed by atoms with van der Waals surface area (Å²) in [6.45, 7) is 5.97. The number of aryl methyl sites for hydroxylation is 1. The molecule has 0 aliphatic heterocycles. The first-order valence-electron chi connectivity index (χ1n) is 10.5. The number of amides is 1. The van der Waals surface area contributed by atoms with E-state index in [2.05, 4.69) is 15.4 Å². The third-order valence-electron chi connectivity index (χ3n) is 5.16. The zero-order chi connectivity index (χ0) is 22.0. The van der Waals surface area contributed by atoms with Crippen molar-refractivity contribution in [2.45, 2.75) is 45.8 Å². The van der Waals surface area contributed by atoms with E-state index in [0.29, 0.717) is 22.1 Å². The van der Waals surface area contributed by atoms with Gasteiger partial charge in [0.05, 0.1) is 23.2 Å². The van der Waals surface area contributed by atoms with Crippen molar-refractivity contribution in [2.75, 3.05) is 0 Å². The fourth-order valence-corrected chi connectivity index (χ4v) is 3.61. The number of hydrogen-bond acceptors (Lipinski definition) is 4. The Bertz CT molecular complexity index is 1270. The number of rotatable bonds is 7. The van der Waals surface area contributed by atoms with Crippen molar-refractivity contribution in [3.8, 4) is 5.75 Å². The first-order chi connectivity index (χ1) is 14.9. The highest BCUT2D eigenvalue weighted by Crippen LogP contribution is 2.16. The van der Waals surface area contributed by atoms with Crippen molar-refractivity contribution in [3.05, 3.63) is 76.2 Å². The predicted molar refractivity (Wildman–Crippen MR) is 121 cm³/mol. The SMILES string of the molecule is CC(CCc1ccc(OC(C)C)cc1)NC(=O)c1cnn2c1[nH]c(=O)c1ccccc12. The summed E-state index contributed by atoms with van der Waals surface area (Å²) in [4.78, 5) is 28.0. The molecule has 2 aromatic carbocycles. The van der Waals surface area contributed by atoms with Crippen molar-refractivity contribution in [2.24, 2.45) is 0 Å². The van der Waals surface area contributed by atoms with Gasteiger partial charge < -0.3 is 15.0 Å². The first kappa shape index (κ1) is 20.7. The lowest BCUT2D eigenvalue weighted by atomic mass is 10.1. The fourth-order valence-electron chi connectivity index (χ4n) is 3.61. The molecule has 4 aromatic rings. The summed E-state index contributed by atoms with van der Waals surface area (Å²) < 4.78 is 7.26. The summed E-state index contributed by atoms with van der Waals surface area (Å²) in [7, 11) is 0. The number of aromatic amines is 1. The second kappa shape index (κ2) is 8.63. The number of carbonyl (C=O) groups is 1. The lowest BCUT2D eigenvalue weighted by Crippen LogP contribution is -2.33. The van der Waals surface area contributed by atoms with E-state index in [4.69, 9.17) is 4.74 Å². The number of ether oxygens (including phenoxy) is 1. The summed E-state index contributed by atoms with van der Waals surface area (Å²) >= 11 is 0. The Balaban J connectivity index is 1.43. The standard InChI is InChI=1S/C24H26N4O3/c1-15(2)31-18-12-10-17(11-13-18)9-8-16(3)26-24(30)20-14-25-28-21-7-5-4-6-19(21)23(29)27-22(20)28/h4-7,10-16H,8-9H2,1-3H3,(H,26,30)(H,27,29). The molecule has 0 fully saturated rings. The lowest BCUT2D eigenvalue weighted by molar-refractivity contribution is 0.0940. The van der Waals surface area contributed by atoms with Crippen LogP contribution in [0.2, 0.25) is 0 Å². The van der Waals surface area contributed by atoms with Crippen molar-refractivity contribution in [1.82, 2.24) is 19.9 Å². The van der Waals surface area contributed by atoms with E-state index in [9.17, 15) is 9.59 Å². The summed E-state index contributed by atoms with van der Waals surface area (Å²) in [6.07, 6.45) is 3.26. The maximum absolute atomic E-state index is 12.8. The maximum Gasteiger partial charge on any atom is 0.259 e. The van der Waals surface area contributed by atoms with Gasteiger partial charge in [0.25, 0.3) is 11.5 Å². The number of carbonyl (C=O) groups excluding carboxylic acids is 1. The molecule has 0 radical (unpaired) electrons. The van der Waals surface area contributed by atoms with Gasteiger partial charge in [-0.3, -0.25) is 9.59 Å². The molecule has 0 saturated carbocycles. The molecule has 0 bridgehead atoms. The Kier molecular flexibility index (Phi) is 5.75. The van der Waals surface area contributed by atoms with Crippen molar-refractivity contribution in [3.63, 3.8) is 0 Å². The normalized spacial score (nSPS) is 12.4. The van der Waals surface area contributed by atoms with E-state index in [-0.39, 0.29) is 23.6 Å². The molecule has 2 N–H and O–H groups in total. The van der Waals surface area contributed by atoms with Gasteiger partial charge in [-0.15, -0.1) is 0 Å². The van der Waals surface area contributed by atoms with E-state index >= 15 is 0 Å². The van der Waals surface area contributed by atoms with Crippen molar-refractivity contribution in [1.29, 1.82) is 0 Å². The van der Waals surface area contributed by atoms with Crippen LogP contribution in [0, 0.1) is 0 Å². The van der Waals surface area contributed by atoms with Crippen LogP contribution in [-0.2, 0) is 6.42 Å². The van der Waals surface area contributed by atoms with Gasteiger partial charge in [-0.25, -0.2) is 4.52 Å². The van der Waals surface area contributed by atoms with Gasteiger partial charge >= 0.3 is 0 Å². The molecule has 2 heterocycles. The van der Waals surface area contributed by atoms with E-state index in [1.54, 1.807) is 16.6 Å². The number of H-pyrrole nitrogens is 1. The third kappa shape index (κ3) is 4.45. The number of nitrogens with zero attached hydrogens (tertiary/aromatic N) is 2. The third-order valence-corrected chi connectivity index (χ3v) is 5.16. The molecule has 0 spiro atoms. The minimum Gasteiger partial charge on any atom is -0.491 e. The number of aromatic nitrogens is 3. The Labute approximate surface area is 180 Å². The molecule has 4 rings (SSSR count). The highest BCUT2D eigenvalue weighted by atomic mass is 16.5. The van der Waals surface area contributed by atoms with Gasteiger partial charge in [0.2, 0.25) is 0 Å². The summed E-state index contributed by atoms with van der Waals surface area (Å²) in [6, 6.07) is 15.2. The molecule has 31 heavy (non-hydrogen) atoms. The Hall–Kier alpha value is -3.61. The zero-order valence-electron chi connectivity index (χ0n) is 17.9. The van der Waals surface area contributed by atoms with Crippen molar-refractivity contribution < 1.29 is 9.53 Å². The van der Waals surface area contributed by atoms with E-state index in [0.717, 1.165) is 18.6 Å². The van der Waals surface area contributed by atoms with E-state index in [1.165, 1.54) is 11.8 Å². The lowest BCUT2D eigenvalue weighted by Gasteiger charge is -2.14. The van der Waals surface area contributed by atoms with Crippen molar-refractivity contribution >= 4 is 22.5 Å². The molecule has 7 nitrogen and oxygen atoms in total. The van der Waals surface area contributed by atoms with Crippen LogP contribution in [0.4, 0.5) is 0 Å². The smallest absolute Gasteiger partial charge is 0.259 e. The maximum atomic E-state index is 12.8. The Morgan fingerprint density at radius 3 is 2.61 bits per heavy atom. The largest absolute Gasteiger partial charge is 0.491 e. The van der Waals surface area contributed by atoms with Gasteiger partial charge in [-0.1, -0.05) is 24.3 Å². The first-order valence-corrected chi connectivity index (χ1v) is 10.5. The van der Waals surface area contributed by atoms with Crippen LogP contribution in [0.5, 0.6) is 5.75 Å². The van der Waals surface area contributed by atoms with Gasteiger partial charge in [-0.05, 0) is 63.4 Å². The molecule has 1 amide bonds. The van der Waals surface area contributed by atoms with Crippen LogP contribution in [0.25, 0.3) is 16.6 Å².